The quantitative estimate of drug-likeness (QED) is 0.515. The van der Waals surface area contributed by atoms with Crippen molar-refractivity contribution in [2.24, 2.45) is 11.8 Å². The molecule has 7 nitrogen and oxygen atoms in total. The predicted molar refractivity (Wildman–Crippen MR) is 126 cm³/mol. The molecule has 1 N–H and O–H groups in total. The molecule has 2 aromatic heterocycles. The maximum absolute atomic E-state index is 12.6. The molecule has 166 valence electrons. The Balaban J connectivity index is 1.22. The van der Waals surface area contributed by atoms with E-state index in [2.05, 4.69) is 27.3 Å². The van der Waals surface area contributed by atoms with Crippen LogP contribution in [0, 0.1) is 11.8 Å². The van der Waals surface area contributed by atoms with E-state index >= 15 is 0 Å². The molecule has 1 aliphatic heterocycles. The lowest BCUT2D eigenvalue weighted by Crippen LogP contribution is -2.30. The summed E-state index contributed by atoms with van der Waals surface area (Å²) < 4.78 is 1.65. The lowest BCUT2D eigenvalue weighted by atomic mass is 10.0. The van der Waals surface area contributed by atoms with Gasteiger partial charge < -0.3 is 4.90 Å². The summed E-state index contributed by atoms with van der Waals surface area (Å²) in [5.41, 5.74) is 3.59. The number of nitrogens with zero attached hydrogens (tertiary/aromatic N) is 4. The van der Waals surface area contributed by atoms with Crippen LogP contribution >= 0.6 is 0 Å². The standard InChI is InChI=1S/C26H25N5O2/c32-25(19-5-6-19)30-12-11-17(16-30)13-24-28-29-26(33)31(24)22-9-7-18(8-10-22)21-14-20-3-1-2-4-23(20)27-15-21/h1-4,7-10,14-15,17,19H,5-6,11-13,16H2,(H,29,33)/t17-/m0/s1. The molecule has 2 aromatic carbocycles. The fourth-order valence-corrected chi connectivity index (χ4v) is 4.81. The highest BCUT2D eigenvalue weighted by atomic mass is 16.2. The number of likely N-dealkylation sites (tertiary alicyclic amines) is 1. The van der Waals surface area contributed by atoms with Crippen LogP contribution < -0.4 is 5.69 Å². The second-order valence-corrected chi connectivity index (χ2v) is 9.16. The van der Waals surface area contributed by atoms with E-state index in [1.54, 1.807) is 4.57 Å². The SMILES string of the molecule is O=C(C1CC1)N1CC[C@@H](Cc2n[nH]c(=O)n2-c2ccc(-c3cnc4ccccc4c3)cc2)C1. The molecule has 3 heterocycles. The molecule has 0 unspecified atom stereocenters. The molecule has 0 spiro atoms. The summed E-state index contributed by atoms with van der Waals surface area (Å²) >= 11 is 0. The number of benzene rings is 2. The number of fused-ring (bicyclic) bond motifs is 1. The molecule has 1 aliphatic carbocycles. The van der Waals surface area contributed by atoms with Gasteiger partial charge in [-0.2, -0.15) is 5.10 Å². The first-order valence-corrected chi connectivity index (χ1v) is 11.6. The Hall–Kier alpha value is -3.74. The summed E-state index contributed by atoms with van der Waals surface area (Å²) in [6.45, 7) is 1.56. The summed E-state index contributed by atoms with van der Waals surface area (Å²) in [6, 6.07) is 18.1. The maximum Gasteiger partial charge on any atom is 0.347 e. The Morgan fingerprint density at radius 2 is 1.85 bits per heavy atom. The first-order chi connectivity index (χ1) is 16.2. The molecule has 7 heteroatoms. The van der Waals surface area contributed by atoms with Crippen LogP contribution in [0.4, 0.5) is 0 Å². The van der Waals surface area contributed by atoms with Gasteiger partial charge in [0.25, 0.3) is 0 Å². The number of hydrogen-bond acceptors (Lipinski definition) is 4. The molecule has 1 saturated heterocycles. The number of H-pyrrole nitrogens is 1. The lowest BCUT2D eigenvalue weighted by Gasteiger charge is -2.16. The third-order valence-electron chi connectivity index (χ3n) is 6.79. The first-order valence-electron chi connectivity index (χ1n) is 11.6. The van der Waals surface area contributed by atoms with Gasteiger partial charge in [-0.05, 0) is 55.0 Å². The van der Waals surface area contributed by atoms with Crippen molar-refractivity contribution >= 4 is 16.8 Å². The van der Waals surface area contributed by atoms with Crippen LogP contribution in [0.15, 0.2) is 65.6 Å². The summed E-state index contributed by atoms with van der Waals surface area (Å²) in [6.07, 6.45) is 5.56. The summed E-state index contributed by atoms with van der Waals surface area (Å²) in [4.78, 5) is 31.5. The second-order valence-electron chi connectivity index (χ2n) is 9.16. The number of carbonyl (C=O) groups excluding carboxylic acids is 1. The predicted octanol–water partition coefficient (Wildman–Crippen LogP) is 3.58. The Morgan fingerprint density at radius 1 is 1.03 bits per heavy atom. The van der Waals surface area contributed by atoms with Gasteiger partial charge in [-0.15, -0.1) is 0 Å². The number of aromatic nitrogens is 4. The van der Waals surface area contributed by atoms with Crippen LogP contribution in [0.2, 0.25) is 0 Å². The Morgan fingerprint density at radius 3 is 2.67 bits per heavy atom. The average molecular weight is 440 g/mol. The Labute approximate surface area is 191 Å². The van der Waals surface area contributed by atoms with Crippen LogP contribution in [-0.2, 0) is 11.2 Å². The molecular weight excluding hydrogens is 414 g/mol. The summed E-state index contributed by atoms with van der Waals surface area (Å²) in [7, 11) is 0. The number of nitrogens with one attached hydrogen (secondary N) is 1. The fraction of sp³-hybridized carbons (Fsp3) is 0.308. The van der Waals surface area contributed by atoms with Crippen molar-refractivity contribution in [2.75, 3.05) is 13.1 Å². The van der Waals surface area contributed by atoms with Gasteiger partial charge in [-0.3, -0.25) is 9.78 Å². The Kier molecular flexibility index (Phi) is 4.82. The van der Waals surface area contributed by atoms with Crippen LogP contribution in [0.25, 0.3) is 27.7 Å². The van der Waals surface area contributed by atoms with E-state index in [1.807, 2.05) is 53.6 Å². The van der Waals surface area contributed by atoms with Gasteiger partial charge in [0.1, 0.15) is 5.82 Å². The molecule has 1 amide bonds. The number of rotatable bonds is 5. The minimum Gasteiger partial charge on any atom is -0.342 e. The number of carbonyl (C=O) groups is 1. The molecule has 6 rings (SSSR count). The zero-order valence-corrected chi connectivity index (χ0v) is 18.3. The summed E-state index contributed by atoms with van der Waals surface area (Å²) in [5, 5.41) is 8.00. The number of hydrogen-bond donors (Lipinski definition) is 1. The molecule has 1 saturated carbocycles. The van der Waals surface area contributed by atoms with Gasteiger partial charge in [0.15, 0.2) is 0 Å². The highest BCUT2D eigenvalue weighted by Crippen LogP contribution is 2.33. The largest absolute Gasteiger partial charge is 0.347 e. The highest BCUT2D eigenvalue weighted by Gasteiger charge is 2.36. The molecule has 33 heavy (non-hydrogen) atoms. The third kappa shape index (κ3) is 3.84. The van der Waals surface area contributed by atoms with Gasteiger partial charge in [0, 0.05) is 42.6 Å². The summed E-state index contributed by atoms with van der Waals surface area (Å²) in [5.74, 6) is 1.59. The lowest BCUT2D eigenvalue weighted by molar-refractivity contribution is -0.131. The number of para-hydroxylation sites is 1. The average Bonchev–Trinajstić information content (AvgIpc) is 3.50. The van der Waals surface area contributed by atoms with Crippen molar-refractivity contribution in [1.82, 2.24) is 24.6 Å². The molecule has 2 aliphatic rings. The van der Waals surface area contributed by atoms with Crippen LogP contribution in [0.5, 0.6) is 0 Å². The number of amides is 1. The van der Waals surface area contributed by atoms with Crippen molar-refractivity contribution < 1.29 is 4.79 Å². The minimum absolute atomic E-state index is 0.242. The first kappa shape index (κ1) is 19.9. The third-order valence-corrected chi connectivity index (χ3v) is 6.79. The topological polar surface area (TPSA) is 83.9 Å². The second kappa shape index (κ2) is 7.99. The Bertz CT molecular complexity index is 1380. The van der Waals surface area contributed by atoms with Crippen molar-refractivity contribution in [1.29, 1.82) is 0 Å². The van der Waals surface area contributed by atoms with E-state index < -0.39 is 0 Å². The van der Waals surface area contributed by atoms with Crippen molar-refractivity contribution in [3.8, 4) is 16.8 Å². The van der Waals surface area contributed by atoms with E-state index in [4.69, 9.17) is 0 Å². The van der Waals surface area contributed by atoms with Gasteiger partial charge in [-0.1, -0.05) is 30.3 Å². The van der Waals surface area contributed by atoms with Gasteiger partial charge in [0.05, 0.1) is 11.2 Å². The van der Waals surface area contributed by atoms with Gasteiger partial charge >= 0.3 is 5.69 Å². The smallest absolute Gasteiger partial charge is 0.342 e. The zero-order valence-electron chi connectivity index (χ0n) is 18.3. The highest BCUT2D eigenvalue weighted by molar-refractivity contribution is 5.83. The molecule has 0 bridgehead atoms. The van der Waals surface area contributed by atoms with E-state index in [0.717, 1.165) is 60.1 Å². The molecular formula is C26H25N5O2. The number of pyridine rings is 1. The zero-order chi connectivity index (χ0) is 22.4. The van der Waals surface area contributed by atoms with Crippen LogP contribution in [0.3, 0.4) is 0 Å². The van der Waals surface area contributed by atoms with Gasteiger partial charge in [0.2, 0.25) is 5.91 Å². The monoisotopic (exact) mass is 439 g/mol. The van der Waals surface area contributed by atoms with E-state index in [9.17, 15) is 9.59 Å². The normalized spacial score (nSPS) is 18.2. The van der Waals surface area contributed by atoms with Crippen LogP contribution in [0.1, 0.15) is 25.1 Å². The molecule has 4 aromatic rings. The van der Waals surface area contributed by atoms with Gasteiger partial charge in [-0.25, -0.2) is 14.5 Å². The molecule has 2 fully saturated rings. The van der Waals surface area contributed by atoms with E-state index in [-0.39, 0.29) is 11.6 Å². The van der Waals surface area contributed by atoms with E-state index in [0.29, 0.717) is 24.1 Å². The van der Waals surface area contributed by atoms with E-state index in [1.165, 1.54) is 0 Å². The molecule has 1 atom stereocenters. The fourth-order valence-electron chi connectivity index (χ4n) is 4.81. The van der Waals surface area contributed by atoms with Crippen LogP contribution in [-0.4, -0.2) is 43.6 Å². The minimum atomic E-state index is -0.242. The molecule has 0 radical (unpaired) electrons. The van der Waals surface area contributed by atoms with Crippen molar-refractivity contribution in [3.63, 3.8) is 0 Å². The van der Waals surface area contributed by atoms with Crippen molar-refractivity contribution in [3.05, 3.63) is 77.1 Å². The van der Waals surface area contributed by atoms with Crippen molar-refractivity contribution in [2.45, 2.75) is 25.7 Å². The number of aromatic amines is 1. The maximum atomic E-state index is 12.6.